The van der Waals surface area contributed by atoms with E-state index < -0.39 is 0 Å². The van der Waals surface area contributed by atoms with Gasteiger partial charge in [-0.05, 0) is 30.3 Å². The van der Waals surface area contributed by atoms with Crippen LogP contribution in [0.2, 0.25) is 5.02 Å². The van der Waals surface area contributed by atoms with E-state index in [9.17, 15) is 4.39 Å². The normalized spacial score (nSPS) is 11.0. The van der Waals surface area contributed by atoms with Crippen LogP contribution in [0.1, 0.15) is 5.82 Å². The van der Waals surface area contributed by atoms with Gasteiger partial charge in [0.2, 0.25) is 0 Å². The molecule has 21 heavy (non-hydrogen) atoms. The fourth-order valence-electron chi connectivity index (χ4n) is 2.27. The van der Waals surface area contributed by atoms with Crippen LogP contribution in [-0.2, 0) is 5.88 Å². The Kier molecular flexibility index (Phi) is 3.74. The Labute approximate surface area is 130 Å². The van der Waals surface area contributed by atoms with E-state index in [0.717, 1.165) is 5.69 Å². The van der Waals surface area contributed by atoms with E-state index in [-0.39, 0.29) is 11.7 Å². The number of benzene rings is 2. The summed E-state index contributed by atoms with van der Waals surface area (Å²) in [7, 11) is 1.55. The molecule has 0 amide bonds. The number of fused-ring (bicyclic) bond motifs is 1. The lowest BCUT2D eigenvalue weighted by Gasteiger charge is -2.10. The summed E-state index contributed by atoms with van der Waals surface area (Å²) in [5.74, 6) is 1.08. The van der Waals surface area contributed by atoms with Gasteiger partial charge in [-0.2, -0.15) is 0 Å². The highest BCUT2D eigenvalue weighted by atomic mass is 35.5. The van der Waals surface area contributed by atoms with Crippen molar-refractivity contribution in [3.05, 3.63) is 53.1 Å². The smallest absolute Gasteiger partial charge is 0.137 e. The number of nitrogens with zero attached hydrogens (tertiary/aromatic N) is 2. The lowest BCUT2D eigenvalue weighted by Crippen LogP contribution is -2.00. The Hall–Kier alpha value is -1.78. The number of hydrogen-bond donors (Lipinski definition) is 0. The molecule has 108 valence electrons. The SMILES string of the molecule is COc1ccc(-n2c(CCl)nc3ccc(F)cc32)cc1Cl. The molecule has 6 heteroatoms. The second-order valence-corrected chi connectivity index (χ2v) is 5.12. The molecule has 0 bridgehead atoms. The zero-order chi connectivity index (χ0) is 15.0. The van der Waals surface area contributed by atoms with E-state index in [1.54, 1.807) is 29.9 Å². The number of methoxy groups -OCH3 is 1. The average molecular weight is 325 g/mol. The van der Waals surface area contributed by atoms with Crippen LogP contribution in [0.25, 0.3) is 16.7 Å². The molecule has 0 fully saturated rings. The van der Waals surface area contributed by atoms with Crippen LogP contribution in [0.3, 0.4) is 0 Å². The molecule has 0 radical (unpaired) electrons. The van der Waals surface area contributed by atoms with Gasteiger partial charge in [-0.25, -0.2) is 9.37 Å². The summed E-state index contributed by atoms with van der Waals surface area (Å²) < 4.78 is 20.4. The molecular formula is C15H11Cl2FN2O. The molecule has 3 nitrogen and oxygen atoms in total. The van der Waals surface area contributed by atoms with Crippen molar-refractivity contribution >= 4 is 34.2 Å². The zero-order valence-electron chi connectivity index (χ0n) is 11.1. The first-order valence-corrected chi connectivity index (χ1v) is 7.12. The summed E-state index contributed by atoms with van der Waals surface area (Å²) in [6.45, 7) is 0. The molecule has 3 aromatic rings. The molecule has 0 unspecified atom stereocenters. The highest BCUT2D eigenvalue weighted by molar-refractivity contribution is 6.32. The highest BCUT2D eigenvalue weighted by Crippen LogP contribution is 2.30. The third kappa shape index (κ3) is 2.45. The summed E-state index contributed by atoms with van der Waals surface area (Å²) in [6, 6.07) is 9.74. The third-order valence-corrected chi connectivity index (χ3v) is 3.73. The molecule has 0 aliphatic heterocycles. The van der Waals surface area contributed by atoms with E-state index in [2.05, 4.69) is 4.98 Å². The minimum absolute atomic E-state index is 0.208. The van der Waals surface area contributed by atoms with Gasteiger partial charge in [-0.15, -0.1) is 11.6 Å². The largest absolute Gasteiger partial charge is 0.495 e. The van der Waals surface area contributed by atoms with Crippen molar-refractivity contribution in [3.8, 4) is 11.4 Å². The molecule has 0 saturated heterocycles. The van der Waals surface area contributed by atoms with Gasteiger partial charge in [-0.3, -0.25) is 4.57 Å². The highest BCUT2D eigenvalue weighted by Gasteiger charge is 2.13. The lowest BCUT2D eigenvalue weighted by molar-refractivity contribution is 0.415. The number of alkyl halides is 1. The number of ether oxygens (including phenoxy) is 1. The number of hydrogen-bond acceptors (Lipinski definition) is 2. The monoisotopic (exact) mass is 324 g/mol. The molecule has 3 rings (SSSR count). The van der Waals surface area contributed by atoms with Gasteiger partial charge in [0.05, 0.1) is 29.0 Å². The van der Waals surface area contributed by atoms with Gasteiger partial charge >= 0.3 is 0 Å². The van der Waals surface area contributed by atoms with Crippen molar-refractivity contribution in [2.45, 2.75) is 5.88 Å². The number of halogens is 3. The van der Waals surface area contributed by atoms with E-state index >= 15 is 0 Å². The van der Waals surface area contributed by atoms with Crippen LogP contribution < -0.4 is 4.74 Å². The van der Waals surface area contributed by atoms with E-state index in [4.69, 9.17) is 27.9 Å². The first-order chi connectivity index (χ1) is 10.1. The first-order valence-electron chi connectivity index (χ1n) is 6.21. The molecule has 0 N–H and O–H groups in total. The standard InChI is InChI=1S/C15H11Cl2FN2O/c1-21-14-5-3-10(7-11(14)17)20-13-6-9(18)2-4-12(13)19-15(20)8-16/h2-7H,8H2,1H3. The molecule has 1 aromatic heterocycles. The fraction of sp³-hybridized carbons (Fsp3) is 0.133. The minimum Gasteiger partial charge on any atom is -0.495 e. The van der Waals surface area contributed by atoms with Crippen molar-refractivity contribution < 1.29 is 9.13 Å². The zero-order valence-corrected chi connectivity index (χ0v) is 12.6. The van der Waals surface area contributed by atoms with Gasteiger partial charge in [0, 0.05) is 11.8 Å². The summed E-state index contributed by atoms with van der Waals surface area (Å²) in [6.07, 6.45) is 0. The number of imidazole rings is 1. The minimum atomic E-state index is -0.329. The van der Waals surface area contributed by atoms with Gasteiger partial charge in [0.25, 0.3) is 0 Å². The quantitative estimate of drug-likeness (QED) is 0.660. The van der Waals surface area contributed by atoms with Crippen LogP contribution in [0, 0.1) is 5.82 Å². The molecular weight excluding hydrogens is 314 g/mol. The Bertz CT molecular complexity index is 817. The molecule has 0 saturated carbocycles. The number of rotatable bonds is 3. The number of aromatic nitrogens is 2. The molecule has 0 atom stereocenters. The van der Waals surface area contributed by atoms with Crippen LogP contribution in [0.15, 0.2) is 36.4 Å². The fourth-order valence-corrected chi connectivity index (χ4v) is 2.70. The summed E-state index contributed by atoms with van der Waals surface area (Å²) in [4.78, 5) is 4.41. The van der Waals surface area contributed by atoms with Crippen molar-refractivity contribution in [2.75, 3.05) is 7.11 Å². The second kappa shape index (κ2) is 5.54. The van der Waals surface area contributed by atoms with E-state index in [0.29, 0.717) is 27.6 Å². The van der Waals surface area contributed by atoms with Gasteiger partial charge in [0.15, 0.2) is 0 Å². The maximum Gasteiger partial charge on any atom is 0.137 e. The van der Waals surface area contributed by atoms with Gasteiger partial charge in [-0.1, -0.05) is 11.6 Å². The predicted octanol–water partition coefficient (Wildman–Crippen LogP) is 4.57. The molecule has 0 spiro atoms. The van der Waals surface area contributed by atoms with Crippen molar-refractivity contribution in [2.24, 2.45) is 0 Å². The van der Waals surface area contributed by atoms with Crippen LogP contribution in [0.5, 0.6) is 5.75 Å². The van der Waals surface area contributed by atoms with Crippen LogP contribution in [0.4, 0.5) is 4.39 Å². The molecule has 1 heterocycles. The van der Waals surface area contributed by atoms with Gasteiger partial charge < -0.3 is 4.74 Å². The predicted molar refractivity (Wildman–Crippen MR) is 82.1 cm³/mol. The van der Waals surface area contributed by atoms with E-state index in [1.807, 2.05) is 6.07 Å². The van der Waals surface area contributed by atoms with Crippen LogP contribution in [-0.4, -0.2) is 16.7 Å². The average Bonchev–Trinajstić information content (AvgIpc) is 2.84. The Morgan fingerprint density at radius 2 is 2.05 bits per heavy atom. The molecule has 0 aliphatic carbocycles. The van der Waals surface area contributed by atoms with Crippen LogP contribution >= 0.6 is 23.2 Å². The van der Waals surface area contributed by atoms with E-state index in [1.165, 1.54) is 12.1 Å². The van der Waals surface area contributed by atoms with Crippen molar-refractivity contribution in [1.29, 1.82) is 0 Å². The summed E-state index contributed by atoms with van der Waals surface area (Å²) in [5.41, 5.74) is 2.08. The maximum atomic E-state index is 13.5. The molecule has 0 aliphatic rings. The lowest BCUT2D eigenvalue weighted by atomic mass is 10.2. The summed E-state index contributed by atoms with van der Waals surface area (Å²) in [5, 5.41) is 0.466. The second-order valence-electron chi connectivity index (χ2n) is 4.45. The molecule has 2 aromatic carbocycles. The Morgan fingerprint density at radius 3 is 2.71 bits per heavy atom. The van der Waals surface area contributed by atoms with Crippen molar-refractivity contribution in [3.63, 3.8) is 0 Å². The Balaban J connectivity index is 2.27. The van der Waals surface area contributed by atoms with Gasteiger partial charge in [0.1, 0.15) is 17.4 Å². The van der Waals surface area contributed by atoms with Crippen molar-refractivity contribution in [1.82, 2.24) is 9.55 Å². The third-order valence-electron chi connectivity index (χ3n) is 3.20. The maximum absolute atomic E-state index is 13.5. The Morgan fingerprint density at radius 1 is 1.24 bits per heavy atom. The first kappa shape index (κ1) is 14.2. The topological polar surface area (TPSA) is 27.1 Å². The summed E-state index contributed by atoms with van der Waals surface area (Å²) >= 11 is 12.1.